The zero-order chi connectivity index (χ0) is 13.1. The van der Waals surface area contributed by atoms with E-state index in [1.165, 1.54) is 6.08 Å². The molecule has 1 atom stereocenters. The molecule has 0 radical (unpaired) electrons. The van der Waals surface area contributed by atoms with E-state index in [2.05, 4.69) is 0 Å². The van der Waals surface area contributed by atoms with E-state index in [9.17, 15) is 4.79 Å². The largest absolute Gasteiger partial charge is 0.359 e. The number of hydrogen-bond donors (Lipinski definition) is 0. The maximum Gasteiger partial charge on any atom is 0.221 e. The predicted molar refractivity (Wildman–Crippen MR) is 63.6 cm³/mol. The van der Waals surface area contributed by atoms with Crippen molar-refractivity contribution >= 4 is 5.78 Å². The fraction of sp³-hybridized carbons (Fsp3) is 0.750. The Morgan fingerprint density at radius 2 is 1.76 bits per heavy atom. The van der Waals surface area contributed by atoms with E-state index in [0.717, 1.165) is 0 Å². The summed E-state index contributed by atoms with van der Waals surface area (Å²) in [4.78, 5) is 11.7. The van der Waals surface area contributed by atoms with Crippen molar-refractivity contribution in [3.8, 4) is 0 Å². The van der Waals surface area contributed by atoms with Gasteiger partial charge in [-0.05, 0) is 26.8 Å². The smallest absolute Gasteiger partial charge is 0.221 e. The molecule has 0 heterocycles. The number of carbonyl (C=O) groups excluding carboxylic acids is 1. The highest BCUT2D eigenvalue weighted by molar-refractivity contribution is 5.92. The standard InChI is InChI=1S/C12H22O5/c1-5-15-12(16-6-2)11(13)8-7-10(3)17-9-14-4/h7-8,10,12H,5-6,9H2,1-4H3/b8-7+/t10-/m0/s1. The van der Waals surface area contributed by atoms with Crippen LogP contribution in [-0.2, 0) is 23.7 Å². The van der Waals surface area contributed by atoms with Crippen molar-refractivity contribution in [2.24, 2.45) is 0 Å². The average Bonchev–Trinajstić information content (AvgIpc) is 2.33. The molecule has 0 N–H and O–H groups in total. The normalized spacial score (nSPS) is 13.5. The monoisotopic (exact) mass is 246 g/mol. The van der Waals surface area contributed by atoms with Crippen LogP contribution in [0.25, 0.3) is 0 Å². The summed E-state index contributed by atoms with van der Waals surface area (Å²) in [5.74, 6) is -0.221. The van der Waals surface area contributed by atoms with Crippen molar-refractivity contribution < 1.29 is 23.7 Å². The number of ether oxygens (including phenoxy) is 4. The summed E-state index contributed by atoms with van der Waals surface area (Å²) >= 11 is 0. The Hall–Kier alpha value is -0.750. The fourth-order valence-electron chi connectivity index (χ4n) is 1.05. The first-order chi connectivity index (χ1) is 8.15. The first-order valence-electron chi connectivity index (χ1n) is 5.71. The first-order valence-corrected chi connectivity index (χ1v) is 5.71. The van der Waals surface area contributed by atoms with Crippen LogP contribution in [0, 0.1) is 0 Å². The van der Waals surface area contributed by atoms with Gasteiger partial charge in [-0.15, -0.1) is 0 Å². The molecule has 0 fully saturated rings. The van der Waals surface area contributed by atoms with Crippen molar-refractivity contribution in [2.75, 3.05) is 27.1 Å². The molecule has 0 rings (SSSR count). The lowest BCUT2D eigenvalue weighted by Gasteiger charge is -2.13. The second-order valence-corrected chi connectivity index (χ2v) is 3.28. The van der Waals surface area contributed by atoms with E-state index in [1.807, 2.05) is 20.8 Å². The quantitative estimate of drug-likeness (QED) is 0.432. The lowest BCUT2D eigenvalue weighted by atomic mass is 10.3. The summed E-state index contributed by atoms with van der Waals surface area (Å²) in [6.45, 7) is 6.50. The summed E-state index contributed by atoms with van der Waals surface area (Å²) in [6.07, 6.45) is 2.04. The van der Waals surface area contributed by atoms with Crippen molar-refractivity contribution in [1.29, 1.82) is 0 Å². The zero-order valence-electron chi connectivity index (χ0n) is 11.0. The molecule has 0 saturated heterocycles. The summed E-state index contributed by atoms with van der Waals surface area (Å²) in [5.41, 5.74) is 0. The molecule has 0 unspecified atom stereocenters. The number of ketones is 1. The topological polar surface area (TPSA) is 54.0 Å². The van der Waals surface area contributed by atoms with Gasteiger partial charge in [0, 0.05) is 20.3 Å². The van der Waals surface area contributed by atoms with Crippen molar-refractivity contribution in [1.82, 2.24) is 0 Å². The van der Waals surface area contributed by atoms with E-state index in [4.69, 9.17) is 18.9 Å². The molecule has 0 aromatic carbocycles. The van der Waals surface area contributed by atoms with Gasteiger partial charge in [0.05, 0.1) is 6.10 Å². The van der Waals surface area contributed by atoms with Crippen LogP contribution in [0.15, 0.2) is 12.2 Å². The average molecular weight is 246 g/mol. The molecule has 0 bridgehead atoms. The molecule has 0 aliphatic heterocycles. The van der Waals surface area contributed by atoms with Gasteiger partial charge >= 0.3 is 0 Å². The predicted octanol–water partition coefficient (Wildman–Crippen LogP) is 1.52. The van der Waals surface area contributed by atoms with Crippen LogP contribution < -0.4 is 0 Å². The SMILES string of the molecule is CCOC(OCC)C(=O)/C=C/[C@H](C)OCOC. The molecule has 0 aromatic rings. The van der Waals surface area contributed by atoms with Crippen LogP contribution in [-0.4, -0.2) is 45.3 Å². The fourth-order valence-corrected chi connectivity index (χ4v) is 1.05. The van der Waals surface area contributed by atoms with Crippen LogP contribution in [0.2, 0.25) is 0 Å². The van der Waals surface area contributed by atoms with Gasteiger partial charge in [0.15, 0.2) is 0 Å². The van der Waals surface area contributed by atoms with E-state index in [0.29, 0.717) is 13.2 Å². The summed E-state index contributed by atoms with van der Waals surface area (Å²) < 4.78 is 20.3. The summed E-state index contributed by atoms with van der Waals surface area (Å²) in [5, 5.41) is 0. The van der Waals surface area contributed by atoms with E-state index < -0.39 is 6.29 Å². The molecule has 0 aromatic heterocycles. The first kappa shape index (κ1) is 16.2. The van der Waals surface area contributed by atoms with E-state index >= 15 is 0 Å². The molecular weight excluding hydrogens is 224 g/mol. The van der Waals surface area contributed by atoms with Crippen molar-refractivity contribution in [2.45, 2.75) is 33.2 Å². The second kappa shape index (κ2) is 10.4. The third-order valence-electron chi connectivity index (χ3n) is 1.85. The lowest BCUT2D eigenvalue weighted by molar-refractivity contribution is -0.163. The van der Waals surface area contributed by atoms with E-state index in [-0.39, 0.29) is 18.7 Å². The lowest BCUT2D eigenvalue weighted by Crippen LogP contribution is -2.26. The van der Waals surface area contributed by atoms with Gasteiger partial charge in [-0.3, -0.25) is 4.79 Å². The van der Waals surface area contributed by atoms with Gasteiger partial charge in [0.25, 0.3) is 0 Å². The van der Waals surface area contributed by atoms with Gasteiger partial charge in [0.2, 0.25) is 12.1 Å². The Balaban J connectivity index is 4.13. The maximum atomic E-state index is 11.7. The Morgan fingerprint density at radius 3 is 2.24 bits per heavy atom. The van der Waals surface area contributed by atoms with Crippen LogP contribution in [0.3, 0.4) is 0 Å². The molecule has 100 valence electrons. The molecule has 5 heteroatoms. The molecule has 0 aliphatic rings. The van der Waals surface area contributed by atoms with Gasteiger partial charge in [-0.25, -0.2) is 0 Å². The molecule has 0 aliphatic carbocycles. The maximum absolute atomic E-state index is 11.7. The Labute approximate surface area is 103 Å². The van der Waals surface area contributed by atoms with Crippen LogP contribution in [0.5, 0.6) is 0 Å². The molecule has 5 nitrogen and oxygen atoms in total. The van der Waals surface area contributed by atoms with Gasteiger partial charge < -0.3 is 18.9 Å². The molecular formula is C12H22O5. The highest BCUT2D eigenvalue weighted by atomic mass is 16.7. The highest BCUT2D eigenvalue weighted by Crippen LogP contribution is 2.00. The summed E-state index contributed by atoms with van der Waals surface area (Å²) in [6, 6.07) is 0. The van der Waals surface area contributed by atoms with Crippen LogP contribution >= 0.6 is 0 Å². The van der Waals surface area contributed by atoms with Crippen LogP contribution in [0.1, 0.15) is 20.8 Å². The Kier molecular flexibility index (Phi) is 9.95. The van der Waals surface area contributed by atoms with Gasteiger partial charge in [-0.2, -0.15) is 0 Å². The third kappa shape index (κ3) is 8.04. The minimum Gasteiger partial charge on any atom is -0.359 e. The number of rotatable bonds is 10. The van der Waals surface area contributed by atoms with Gasteiger partial charge in [0.1, 0.15) is 6.79 Å². The number of methoxy groups -OCH3 is 1. The molecule has 0 saturated carbocycles. The molecule has 17 heavy (non-hydrogen) atoms. The number of carbonyl (C=O) groups is 1. The second-order valence-electron chi connectivity index (χ2n) is 3.28. The Bertz CT molecular complexity index is 221. The summed E-state index contributed by atoms with van der Waals surface area (Å²) in [7, 11) is 1.54. The molecule has 0 amide bonds. The third-order valence-corrected chi connectivity index (χ3v) is 1.85. The minimum absolute atomic E-state index is 0.192. The molecule has 0 spiro atoms. The van der Waals surface area contributed by atoms with Crippen molar-refractivity contribution in [3.05, 3.63) is 12.2 Å². The highest BCUT2D eigenvalue weighted by Gasteiger charge is 2.15. The minimum atomic E-state index is -0.823. The van der Waals surface area contributed by atoms with Crippen molar-refractivity contribution in [3.63, 3.8) is 0 Å². The Morgan fingerprint density at radius 1 is 1.18 bits per heavy atom. The van der Waals surface area contributed by atoms with Crippen LogP contribution in [0.4, 0.5) is 0 Å². The van der Waals surface area contributed by atoms with E-state index in [1.54, 1.807) is 13.2 Å². The number of hydrogen-bond acceptors (Lipinski definition) is 5. The van der Waals surface area contributed by atoms with Gasteiger partial charge in [-0.1, -0.05) is 6.08 Å². The zero-order valence-corrected chi connectivity index (χ0v) is 11.0.